The lowest BCUT2D eigenvalue weighted by atomic mass is 10.0. The zero-order valence-electron chi connectivity index (χ0n) is 14.4. The first-order valence-electron chi connectivity index (χ1n) is 9.02. The highest BCUT2D eigenvalue weighted by atomic mass is 35.5. The zero-order chi connectivity index (χ0) is 18.1. The average Bonchev–Trinajstić information content (AvgIpc) is 3.33. The Bertz CT molecular complexity index is 859. The molecular formula is C19H22ClN3O2S. The van der Waals surface area contributed by atoms with Crippen molar-refractivity contribution in [2.45, 2.75) is 36.6 Å². The van der Waals surface area contributed by atoms with E-state index in [9.17, 15) is 8.42 Å². The molecule has 0 unspecified atom stereocenters. The first-order valence-corrected chi connectivity index (χ1v) is 10.8. The van der Waals surface area contributed by atoms with Crippen LogP contribution in [0, 0.1) is 5.92 Å². The molecule has 5 nitrogen and oxygen atoms in total. The fraction of sp³-hybridized carbons (Fsp3) is 0.421. The molecule has 0 amide bonds. The Morgan fingerprint density at radius 3 is 2.35 bits per heavy atom. The number of aromatic nitrogens is 1. The first-order chi connectivity index (χ1) is 12.5. The molecular weight excluding hydrogens is 370 g/mol. The highest BCUT2D eigenvalue weighted by Gasteiger charge is 2.33. The molecule has 0 radical (unpaired) electrons. The molecule has 4 rings (SSSR count). The minimum Gasteiger partial charge on any atom is -0.363 e. The van der Waals surface area contributed by atoms with Crippen LogP contribution in [0.5, 0.6) is 0 Å². The highest BCUT2D eigenvalue weighted by Crippen LogP contribution is 2.42. The summed E-state index contributed by atoms with van der Waals surface area (Å²) >= 11 is 5.99. The maximum atomic E-state index is 12.6. The maximum Gasteiger partial charge on any atom is 0.244 e. The molecule has 2 heterocycles. The Labute approximate surface area is 159 Å². The molecule has 2 aromatic rings. The standard InChI is InChI=1S/C19H22ClN3O2S/c20-16-7-5-15(6-8-16)19(14-3-4-14)22-18-10-9-17(13-21-18)26(24,25)23-11-1-2-12-23/h5-10,13-14,19H,1-4,11-12H2,(H,21,22)/t19-/m1/s1. The SMILES string of the molecule is O=S(=O)(c1ccc(N[C@@H](c2ccc(Cl)cc2)C2CC2)nc1)N1CCCC1. The van der Waals surface area contributed by atoms with Gasteiger partial charge in [-0.25, -0.2) is 13.4 Å². The second-order valence-electron chi connectivity index (χ2n) is 7.00. The van der Waals surface area contributed by atoms with Crippen LogP contribution in [-0.4, -0.2) is 30.8 Å². The average molecular weight is 392 g/mol. The summed E-state index contributed by atoms with van der Waals surface area (Å²) in [4.78, 5) is 4.63. The van der Waals surface area contributed by atoms with Crippen LogP contribution in [0.4, 0.5) is 5.82 Å². The van der Waals surface area contributed by atoms with Crippen LogP contribution in [0.1, 0.15) is 37.3 Å². The third kappa shape index (κ3) is 3.72. The van der Waals surface area contributed by atoms with Crippen molar-refractivity contribution < 1.29 is 8.42 Å². The van der Waals surface area contributed by atoms with Crippen LogP contribution in [0.15, 0.2) is 47.5 Å². The number of hydrogen-bond donors (Lipinski definition) is 1. The number of halogens is 1. The minimum absolute atomic E-state index is 0.167. The molecule has 26 heavy (non-hydrogen) atoms. The first kappa shape index (κ1) is 17.8. The van der Waals surface area contributed by atoms with Gasteiger partial charge in [0.25, 0.3) is 0 Å². The molecule has 0 spiro atoms. The Morgan fingerprint density at radius 2 is 1.77 bits per heavy atom. The van der Waals surface area contributed by atoms with Crippen molar-refractivity contribution in [2.75, 3.05) is 18.4 Å². The van der Waals surface area contributed by atoms with E-state index in [1.54, 1.807) is 12.1 Å². The van der Waals surface area contributed by atoms with E-state index in [1.807, 2.05) is 24.3 Å². The molecule has 1 saturated carbocycles. The summed E-state index contributed by atoms with van der Waals surface area (Å²) in [6.45, 7) is 1.20. The second kappa shape index (κ2) is 7.18. The van der Waals surface area contributed by atoms with Crippen molar-refractivity contribution in [1.29, 1.82) is 0 Å². The summed E-state index contributed by atoms with van der Waals surface area (Å²) in [6, 6.07) is 11.4. The summed E-state index contributed by atoms with van der Waals surface area (Å²) < 4.78 is 26.7. The van der Waals surface area contributed by atoms with Gasteiger partial charge >= 0.3 is 0 Å². The number of hydrogen-bond acceptors (Lipinski definition) is 4. The van der Waals surface area contributed by atoms with E-state index in [1.165, 1.54) is 28.9 Å². The van der Waals surface area contributed by atoms with Gasteiger partial charge < -0.3 is 5.32 Å². The number of nitrogens with zero attached hydrogens (tertiary/aromatic N) is 2. The number of rotatable bonds is 6. The van der Waals surface area contributed by atoms with Crippen molar-refractivity contribution in [1.82, 2.24) is 9.29 Å². The van der Waals surface area contributed by atoms with E-state index in [0.29, 0.717) is 24.8 Å². The maximum absolute atomic E-state index is 12.6. The van der Waals surface area contributed by atoms with E-state index in [-0.39, 0.29) is 10.9 Å². The van der Waals surface area contributed by atoms with E-state index in [0.717, 1.165) is 17.9 Å². The summed E-state index contributed by atoms with van der Waals surface area (Å²) in [5.74, 6) is 1.27. The lowest BCUT2D eigenvalue weighted by Crippen LogP contribution is -2.28. The number of pyridine rings is 1. The topological polar surface area (TPSA) is 62.3 Å². The lowest BCUT2D eigenvalue weighted by molar-refractivity contribution is 0.477. The Morgan fingerprint density at radius 1 is 1.08 bits per heavy atom. The van der Waals surface area contributed by atoms with Gasteiger partial charge in [-0.3, -0.25) is 0 Å². The summed E-state index contributed by atoms with van der Waals surface area (Å²) in [6.07, 6.45) is 5.68. The van der Waals surface area contributed by atoms with Crippen LogP contribution >= 0.6 is 11.6 Å². The molecule has 0 bridgehead atoms. The molecule has 1 aromatic carbocycles. The van der Waals surface area contributed by atoms with Gasteiger partial charge in [0.1, 0.15) is 10.7 Å². The quantitative estimate of drug-likeness (QED) is 0.805. The van der Waals surface area contributed by atoms with Crippen LogP contribution in [0.2, 0.25) is 5.02 Å². The number of sulfonamides is 1. The Hall–Kier alpha value is -1.63. The predicted molar refractivity (Wildman–Crippen MR) is 103 cm³/mol. The minimum atomic E-state index is -3.42. The predicted octanol–water partition coefficient (Wildman–Crippen LogP) is 4.08. The van der Waals surface area contributed by atoms with Crippen molar-refractivity contribution in [3.8, 4) is 0 Å². The number of benzene rings is 1. The third-order valence-corrected chi connectivity index (χ3v) is 7.20. The molecule has 1 aromatic heterocycles. The van der Waals surface area contributed by atoms with Crippen LogP contribution < -0.4 is 5.32 Å². The van der Waals surface area contributed by atoms with Crippen molar-refractivity contribution >= 4 is 27.4 Å². The molecule has 7 heteroatoms. The molecule has 1 saturated heterocycles. The van der Waals surface area contributed by atoms with E-state index in [4.69, 9.17) is 11.6 Å². The zero-order valence-corrected chi connectivity index (χ0v) is 16.0. The van der Waals surface area contributed by atoms with Crippen LogP contribution in [0.3, 0.4) is 0 Å². The van der Waals surface area contributed by atoms with Gasteiger partial charge in [0.2, 0.25) is 10.0 Å². The van der Waals surface area contributed by atoms with Gasteiger partial charge in [0, 0.05) is 24.3 Å². The Balaban J connectivity index is 1.52. The van der Waals surface area contributed by atoms with Gasteiger partial charge in [-0.05, 0) is 61.4 Å². The van der Waals surface area contributed by atoms with Gasteiger partial charge in [0.15, 0.2) is 0 Å². The Kier molecular flexibility index (Phi) is 4.90. The normalized spacial score (nSPS) is 19.4. The van der Waals surface area contributed by atoms with Crippen LogP contribution in [0.25, 0.3) is 0 Å². The molecule has 1 N–H and O–H groups in total. The summed E-state index contributed by atoms with van der Waals surface area (Å²) in [7, 11) is -3.42. The number of nitrogens with one attached hydrogen (secondary N) is 1. The lowest BCUT2D eigenvalue weighted by Gasteiger charge is -2.20. The second-order valence-corrected chi connectivity index (χ2v) is 9.38. The van der Waals surface area contributed by atoms with E-state index < -0.39 is 10.0 Å². The molecule has 2 fully saturated rings. The fourth-order valence-corrected chi connectivity index (χ4v) is 5.02. The smallest absolute Gasteiger partial charge is 0.244 e. The largest absolute Gasteiger partial charge is 0.363 e. The highest BCUT2D eigenvalue weighted by molar-refractivity contribution is 7.89. The van der Waals surface area contributed by atoms with E-state index in [2.05, 4.69) is 10.3 Å². The summed E-state index contributed by atoms with van der Waals surface area (Å²) in [5.41, 5.74) is 1.17. The third-order valence-electron chi connectivity index (χ3n) is 5.07. The van der Waals surface area contributed by atoms with Crippen molar-refractivity contribution in [3.63, 3.8) is 0 Å². The number of anilines is 1. The monoisotopic (exact) mass is 391 g/mol. The van der Waals surface area contributed by atoms with Crippen molar-refractivity contribution in [3.05, 3.63) is 53.2 Å². The fourth-order valence-electron chi connectivity index (χ4n) is 3.43. The van der Waals surface area contributed by atoms with Crippen LogP contribution in [-0.2, 0) is 10.0 Å². The summed E-state index contributed by atoms with van der Waals surface area (Å²) in [5, 5.41) is 4.18. The van der Waals surface area contributed by atoms with Gasteiger partial charge in [0.05, 0.1) is 6.04 Å². The molecule has 2 aliphatic rings. The van der Waals surface area contributed by atoms with Crippen molar-refractivity contribution in [2.24, 2.45) is 5.92 Å². The molecule has 1 atom stereocenters. The van der Waals surface area contributed by atoms with Gasteiger partial charge in [-0.2, -0.15) is 4.31 Å². The van der Waals surface area contributed by atoms with E-state index >= 15 is 0 Å². The molecule has 1 aliphatic heterocycles. The molecule has 1 aliphatic carbocycles. The van der Waals surface area contributed by atoms with Gasteiger partial charge in [-0.15, -0.1) is 0 Å². The molecule has 138 valence electrons. The van der Waals surface area contributed by atoms with Gasteiger partial charge in [-0.1, -0.05) is 23.7 Å².